The Labute approximate surface area is 128 Å². The molecule has 0 bridgehead atoms. The standard InChI is InChI=1S/C18H23O2P/c1-18-9-8-14-13-5-3-12(20-21)10-11(13)2-4-15(14)16(18)6-7-17(18)19/h3,5-7,10,14-17,19H,2,4,8-9,21H2,1H3/t14?,15?,16?,17-,18-/m0/s1. The minimum absolute atomic E-state index is 0.0712. The van der Waals surface area contributed by atoms with Crippen molar-refractivity contribution in [3.63, 3.8) is 0 Å². The van der Waals surface area contributed by atoms with E-state index in [1.54, 1.807) is 0 Å². The van der Waals surface area contributed by atoms with E-state index in [1.807, 2.05) is 6.08 Å². The predicted octanol–water partition coefficient (Wildman–Crippen LogP) is 3.85. The van der Waals surface area contributed by atoms with Crippen LogP contribution in [0.1, 0.15) is 43.2 Å². The van der Waals surface area contributed by atoms with Crippen molar-refractivity contribution >= 4 is 9.47 Å². The Balaban J connectivity index is 1.70. The molecule has 0 amide bonds. The van der Waals surface area contributed by atoms with E-state index in [2.05, 4.69) is 40.7 Å². The van der Waals surface area contributed by atoms with Crippen LogP contribution in [0.2, 0.25) is 0 Å². The number of hydrogen-bond donors (Lipinski definition) is 1. The number of fused-ring (bicyclic) bond motifs is 5. The molecular weight excluding hydrogens is 279 g/mol. The lowest BCUT2D eigenvalue weighted by molar-refractivity contribution is -0.0101. The van der Waals surface area contributed by atoms with Gasteiger partial charge in [0.25, 0.3) is 0 Å². The van der Waals surface area contributed by atoms with Crippen LogP contribution in [0, 0.1) is 17.3 Å². The molecule has 0 saturated heterocycles. The summed E-state index contributed by atoms with van der Waals surface area (Å²) in [5.41, 5.74) is 3.05. The van der Waals surface area contributed by atoms with Gasteiger partial charge in [-0.2, -0.15) is 0 Å². The maximum atomic E-state index is 10.3. The summed E-state index contributed by atoms with van der Waals surface area (Å²) in [4.78, 5) is 0. The van der Waals surface area contributed by atoms with Crippen molar-refractivity contribution in [3.05, 3.63) is 41.5 Å². The number of hydrogen-bond acceptors (Lipinski definition) is 2. The number of aryl methyl sites for hydroxylation is 1. The third-order valence-electron chi connectivity index (χ3n) is 6.31. The number of benzene rings is 1. The molecule has 0 aliphatic heterocycles. The third-order valence-corrected chi connectivity index (χ3v) is 6.58. The molecule has 0 heterocycles. The highest BCUT2D eigenvalue weighted by atomic mass is 31.0. The van der Waals surface area contributed by atoms with Gasteiger partial charge in [0.2, 0.25) is 0 Å². The normalized spacial score (nSPS) is 40.3. The fourth-order valence-corrected chi connectivity index (χ4v) is 5.21. The summed E-state index contributed by atoms with van der Waals surface area (Å²) >= 11 is 0. The first-order chi connectivity index (χ1) is 10.1. The van der Waals surface area contributed by atoms with Crippen molar-refractivity contribution < 1.29 is 9.63 Å². The van der Waals surface area contributed by atoms with Crippen LogP contribution in [0.15, 0.2) is 30.4 Å². The second-order valence-electron chi connectivity index (χ2n) is 7.19. The van der Waals surface area contributed by atoms with E-state index in [4.69, 9.17) is 4.52 Å². The van der Waals surface area contributed by atoms with Gasteiger partial charge >= 0.3 is 0 Å². The Bertz CT molecular complexity index is 597. The molecule has 3 aliphatic rings. The summed E-state index contributed by atoms with van der Waals surface area (Å²) in [5, 5.41) is 10.3. The maximum Gasteiger partial charge on any atom is 0.122 e. The molecular formula is C18H23O2P. The van der Waals surface area contributed by atoms with Gasteiger partial charge in [-0.3, -0.25) is 0 Å². The SMILES string of the molecule is C[C@]12CCC3c4ccc(OP)cc4CCC3C1C=C[C@@H]2O. The van der Waals surface area contributed by atoms with Crippen molar-refractivity contribution in [3.8, 4) is 5.75 Å². The first-order valence-corrected chi connectivity index (χ1v) is 8.46. The largest absolute Gasteiger partial charge is 0.480 e. The van der Waals surface area contributed by atoms with Crippen molar-refractivity contribution in [2.24, 2.45) is 17.3 Å². The summed E-state index contributed by atoms with van der Waals surface area (Å²) in [6, 6.07) is 6.55. The topological polar surface area (TPSA) is 29.5 Å². The predicted molar refractivity (Wildman–Crippen MR) is 87.3 cm³/mol. The van der Waals surface area contributed by atoms with Crippen LogP contribution in [-0.4, -0.2) is 11.2 Å². The van der Waals surface area contributed by atoms with Crippen molar-refractivity contribution in [1.29, 1.82) is 0 Å². The summed E-state index contributed by atoms with van der Waals surface area (Å²) in [7, 11) is 2.33. The molecule has 3 aliphatic carbocycles. The highest BCUT2D eigenvalue weighted by Crippen LogP contribution is 2.58. The Hall–Kier alpha value is -0.850. The van der Waals surface area contributed by atoms with Gasteiger partial charge in [0.05, 0.1) is 15.6 Å². The van der Waals surface area contributed by atoms with E-state index in [0.717, 1.165) is 18.6 Å². The van der Waals surface area contributed by atoms with Crippen LogP contribution in [-0.2, 0) is 6.42 Å². The van der Waals surface area contributed by atoms with Gasteiger partial charge in [-0.05, 0) is 66.7 Å². The van der Waals surface area contributed by atoms with Gasteiger partial charge in [-0.15, -0.1) is 0 Å². The molecule has 4 rings (SSSR count). The summed E-state index contributed by atoms with van der Waals surface area (Å²) < 4.78 is 5.29. The smallest absolute Gasteiger partial charge is 0.122 e. The Morgan fingerprint density at radius 2 is 2.14 bits per heavy atom. The molecule has 0 spiro atoms. The summed E-state index contributed by atoms with van der Waals surface area (Å²) in [5.74, 6) is 2.82. The Morgan fingerprint density at radius 1 is 1.29 bits per heavy atom. The molecule has 6 atom stereocenters. The van der Waals surface area contributed by atoms with E-state index in [1.165, 1.54) is 24.0 Å². The zero-order chi connectivity index (χ0) is 14.6. The summed E-state index contributed by atoms with van der Waals surface area (Å²) in [6.45, 7) is 2.28. The minimum Gasteiger partial charge on any atom is -0.480 e. The number of rotatable bonds is 1. The molecule has 0 radical (unpaired) electrons. The first kappa shape index (κ1) is 13.8. The lowest BCUT2D eigenvalue weighted by Gasteiger charge is -2.50. The van der Waals surface area contributed by atoms with Gasteiger partial charge in [-0.25, -0.2) is 0 Å². The quantitative estimate of drug-likeness (QED) is 0.631. The van der Waals surface area contributed by atoms with E-state index in [0.29, 0.717) is 17.8 Å². The van der Waals surface area contributed by atoms with Crippen molar-refractivity contribution in [1.82, 2.24) is 0 Å². The van der Waals surface area contributed by atoms with Gasteiger partial charge in [-0.1, -0.05) is 25.1 Å². The maximum absolute atomic E-state index is 10.3. The summed E-state index contributed by atoms with van der Waals surface area (Å²) in [6.07, 6.45) is 8.77. The van der Waals surface area contributed by atoms with Crippen LogP contribution in [0.5, 0.6) is 5.75 Å². The monoisotopic (exact) mass is 302 g/mol. The molecule has 1 fully saturated rings. The van der Waals surface area contributed by atoms with Crippen LogP contribution in [0.25, 0.3) is 0 Å². The molecule has 112 valence electrons. The average molecular weight is 302 g/mol. The zero-order valence-electron chi connectivity index (χ0n) is 12.5. The number of aliphatic hydroxyl groups is 1. The zero-order valence-corrected chi connectivity index (χ0v) is 13.6. The Kier molecular flexibility index (Phi) is 3.17. The third kappa shape index (κ3) is 1.92. The molecule has 1 aromatic rings. The van der Waals surface area contributed by atoms with E-state index in [-0.39, 0.29) is 11.5 Å². The molecule has 1 saturated carbocycles. The van der Waals surface area contributed by atoms with Crippen LogP contribution in [0.4, 0.5) is 0 Å². The van der Waals surface area contributed by atoms with E-state index < -0.39 is 0 Å². The van der Waals surface area contributed by atoms with Gasteiger partial charge < -0.3 is 9.63 Å². The number of aliphatic hydroxyl groups excluding tert-OH is 1. The molecule has 4 unspecified atom stereocenters. The van der Waals surface area contributed by atoms with Gasteiger partial charge in [0, 0.05) is 5.41 Å². The fourth-order valence-electron chi connectivity index (χ4n) is 5.06. The lowest BCUT2D eigenvalue weighted by atomic mass is 9.55. The number of allylic oxidation sites excluding steroid dienone is 1. The van der Waals surface area contributed by atoms with Crippen LogP contribution >= 0.6 is 9.47 Å². The molecule has 2 nitrogen and oxygen atoms in total. The molecule has 3 heteroatoms. The highest BCUT2D eigenvalue weighted by Gasteiger charge is 2.52. The lowest BCUT2D eigenvalue weighted by Crippen LogP contribution is -2.44. The molecule has 1 aromatic carbocycles. The second-order valence-corrected chi connectivity index (χ2v) is 7.42. The average Bonchev–Trinajstić information content (AvgIpc) is 2.82. The highest BCUT2D eigenvalue weighted by molar-refractivity contribution is 7.10. The first-order valence-electron chi connectivity index (χ1n) is 7.99. The minimum atomic E-state index is -0.252. The molecule has 0 aromatic heterocycles. The van der Waals surface area contributed by atoms with Gasteiger partial charge in [0.1, 0.15) is 5.75 Å². The van der Waals surface area contributed by atoms with Crippen molar-refractivity contribution in [2.75, 3.05) is 0 Å². The van der Waals surface area contributed by atoms with Crippen molar-refractivity contribution in [2.45, 2.75) is 44.6 Å². The fraction of sp³-hybridized carbons (Fsp3) is 0.556. The van der Waals surface area contributed by atoms with Crippen LogP contribution in [0.3, 0.4) is 0 Å². The van der Waals surface area contributed by atoms with Gasteiger partial charge in [0.15, 0.2) is 0 Å². The Morgan fingerprint density at radius 3 is 2.95 bits per heavy atom. The van der Waals surface area contributed by atoms with E-state index in [9.17, 15) is 5.11 Å². The molecule has 21 heavy (non-hydrogen) atoms. The van der Waals surface area contributed by atoms with Crippen LogP contribution < -0.4 is 4.52 Å². The second kappa shape index (κ2) is 4.83. The molecule has 1 N–H and O–H groups in total. The van der Waals surface area contributed by atoms with E-state index >= 15 is 0 Å².